The third-order valence-corrected chi connectivity index (χ3v) is 5.73. The first-order valence-electron chi connectivity index (χ1n) is 9.62. The molecule has 1 heterocycles. The van der Waals surface area contributed by atoms with Gasteiger partial charge in [-0.2, -0.15) is 0 Å². The molecule has 29 heavy (non-hydrogen) atoms. The lowest BCUT2D eigenvalue weighted by Gasteiger charge is -2.23. The Balaban J connectivity index is 1.94. The van der Waals surface area contributed by atoms with Gasteiger partial charge in [0.1, 0.15) is 0 Å². The molecule has 2 rings (SSSR count). The number of hydrogen-bond donors (Lipinski definition) is 3. The monoisotopic (exact) mass is 419 g/mol. The average Bonchev–Trinajstić information content (AvgIpc) is 3.22. The van der Waals surface area contributed by atoms with E-state index in [1.54, 1.807) is 6.42 Å². The zero-order valence-electron chi connectivity index (χ0n) is 16.5. The van der Waals surface area contributed by atoms with Crippen molar-refractivity contribution in [2.24, 2.45) is 11.7 Å². The zero-order valence-corrected chi connectivity index (χ0v) is 17.3. The van der Waals surface area contributed by atoms with Crippen molar-refractivity contribution in [3.63, 3.8) is 0 Å². The molecule has 4 N–H and O–H groups in total. The number of benzene rings is 1. The Morgan fingerprint density at radius 3 is 2.62 bits per heavy atom. The summed E-state index contributed by atoms with van der Waals surface area (Å²) in [7, 11) is 0. The third kappa shape index (κ3) is 7.95. The molecule has 5 nitrogen and oxygen atoms in total. The highest BCUT2D eigenvalue weighted by Crippen LogP contribution is 2.24. The Bertz CT molecular complexity index is 766. The Hall–Kier alpha value is -2.25. The number of thiophene rings is 1. The van der Waals surface area contributed by atoms with Crippen molar-refractivity contribution < 1.29 is 19.1 Å². The summed E-state index contributed by atoms with van der Waals surface area (Å²) in [6.07, 6.45) is 1.56. The second-order valence-electron chi connectivity index (χ2n) is 7.32. The predicted octanol–water partition coefficient (Wildman–Crippen LogP) is 3.17. The molecule has 157 valence electrons. The smallest absolute Gasteiger partial charge is 0.254 e. The minimum atomic E-state index is -2.19. The van der Waals surface area contributed by atoms with Gasteiger partial charge in [-0.3, -0.25) is 9.59 Å². The van der Waals surface area contributed by atoms with Gasteiger partial charge in [-0.1, -0.05) is 36.4 Å². The van der Waals surface area contributed by atoms with Crippen molar-refractivity contribution in [3.05, 3.63) is 64.7 Å². The molecule has 0 aliphatic rings. The lowest BCUT2D eigenvalue weighted by atomic mass is 9.88. The highest BCUT2D eigenvalue weighted by molar-refractivity contribution is 7.09. The summed E-state index contributed by atoms with van der Waals surface area (Å²) in [6.45, 7) is 1.49. The van der Waals surface area contributed by atoms with Crippen LogP contribution >= 0.6 is 11.3 Å². The number of amides is 2. The lowest BCUT2D eigenvalue weighted by molar-refractivity contribution is -0.131. The van der Waals surface area contributed by atoms with E-state index < -0.39 is 23.6 Å². The van der Waals surface area contributed by atoms with Crippen LogP contribution in [0.2, 0.25) is 0 Å². The van der Waals surface area contributed by atoms with Crippen LogP contribution in [0.5, 0.6) is 0 Å². The first-order chi connectivity index (χ1) is 13.8. The van der Waals surface area contributed by atoms with Crippen LogP contribution in [-0.2, 0) is 22.6 Å². The van der Waals surface area contributed by atoms with Crippen molar-refractivity contribution in [3.8, 4) is 0 Å². The molecule has 1 unspecified atom stereocenters. The molecule has 2 amide bonds. The number of nitrogens with one attached hydrogen (secondary N) is 1. The molecular formula is C22H28FN2O3S. The van der Waals surface area contributed by atoms with Gasteiger partial charge < -0.3 is 16.2 Å². The molecule has 0 spiro atoms. The fraction of sp³-hybridized carbons (Fsp3) is 0.409. The highest BCUT2D eigenvalue weighted by atomic mass is 32.1. The van der Waals surface area contributed by atoms with Crippen molar-refractivity contribution in [1.29, 1.82) is 0 Å². The van der Waals surface area contributed by atoms with Gasteiger partial charge in [-0.05, 0) is 56.0 Å². The Morgan fingerprint density at radius 1 is 1.28 bits per heavy atom. The van der Waals surface area contributed by atoms with Crippen molar-refractivity contribution in [2.75, 3.05) is 0 Å². The molecule has 0 saturated heterocycles. The first-order valence-corrected chi connectivity index (χ1v) is 10.5. The van der Waals surface area contributed by atoms with Crippen molar-refractivity contribution in [2.45, 2.75) is 50.9 Å². The van der Waals surface area contributed by atoms with Crippen LogP contribution in [0.1, 0.15) is 36.6 Å². The number of primary amides is 1. The summed E-state index contributed by atoms with van der Waals surface area (Å²) in [4.78, 5) is 24.9. The molecule has 1 aromatic carbocycles. The van der Waals surface area contributed by atoms with Crippen LogP contribution in [0.15, 0.2) is 47.8 Å². The lowest BCUT2D eigenvalue weighted by Crippen LogP contribution is -2.39. The zero-order chi connectivity index (χ0) is 21.3. The van der Waals surface area contributed by atoms with Gasteiger partial charge in [-0.25, -0.2) is 4.39 Å². The highest BCUT2D eigenvalue weighted by Gasteiger charge is 2.33. The number of carbonyl (C=O) groups excluding carboxylic acids is 2. The summed E-state index contributed by atoms with van der Waals surface area (Å²) >= 11 is 1.53. The molecule has 1 aromatic heterocycles. The van der Waals surface area contributed by atoms with Crippen molar-refractivity contribution >= 4 is 23.2 Å². The van der Waals surface area contributed by atoms with E-state index in [9.17, 15) is 19.1 Å². The van der Waals surface area contributed by atoms with Crippen molar-refractivity contribution in [1.82, 2.24) is 5.32 Å². The van der Waals surface area contributed by atoms with Crippen LogP contribution in [0.3, 0.4) is 0 Å². The maximum absolute atomic E-state index is 14.3. The van der Waals surface area contributed by atoms with Gasteiger partial charge in [-0.15, -0.1) is 11.3 Å². The topological polar surface area (TPSA) is 92.4 Å². The molecule has 2 aromatic rings. The molecule has 0 bridgehead atoms. The van der Waals surface area contributed by atoms with Gasteiger partial charge >= 0.3 is 0 Å². The van der Waals surface area contributed by atoms with E-state index >= 15 is 0 Å². The molecule has 0 fully saturated rings. The van der Waals surface area contributed by atoms with Crippen LogP contribution in [0.25, 0.3) is 0 Å². The number of carbonyl (C=O) groups is 2. The van der Waals surface area contributed by atoms with E-state index in [1.165, 1.54) is 11.3 Å². The summed E-state index contributed by atoms with van der Waals surface area (Å²) < 4.78 is 14.3. The van der Waals surface area contributed by atoms with E-state index in [0.29, 0.717) is 13.0 Å². The normalized spacial score (nSPS) is 15.3. The molecule has 0 aliphatic heterocycles. The van der Waals surface area contributed by atoms with E-state index in [1.807, 2.05) is 47.8 Å². The summed E-state index contributed by atoms with van der Waals surface area (Å²) in [5, 5.41) is 15.2. The third-order valence-electron chi connectivity index (χ3n) is 4.86. The first kappa shape index (κ1) is 23.0. The fourth-order valence-corrected chi connectivity index (χ4v) is 3.57. The number of halogens is 1. The Morgan fingerprint density at radius 2 is 2.00 bits per heavy atom. The number of nitrogens with two attached hydrogens (primary N) is 1. The number of rotatable bonds is 12. The van der Waals surface area contributed by atoms with Crippen LogP contribution < -0.4 is 11.1 Å². The molecule has 7 heteroatoms. The second kappa shape index (κ2) is 11.1. The minimum absolute atomic E-state index is 0.114. The number of alkyl halides is 1. The van der Waals surface area contributed by atoms with Crippen LogP contribution in [0, 0.1) is 12.3 Å². The van der Waals surface area contributed by atoms with E-state index in [0.717, 1.165) is 17.4 Å². The Kier molecular flexibility index (Phi) is 8.79. The Labute approximate surface area is 175 Å². The van der Waals surface area contributed by atoms with E-state index in [-0.39, 0.29) is 25.2 Å². The fourth-order valence-electron chi connectivity index (χ4n) is 2.93. The van der Waals surface area contributed by atoms with Gasteiger partial charge in [0, 0.05) is 10.8 Å². The average molecular weight is 420 g/mol. The number of aliphatic hydroxyl groups excluding tert-OH is 1. The maximum atomic E-state index is 14.3. The second-order valence-corrected chi connectivity index (χ2v) is 8.36. The predicted molar refractivity (Wildman–Crippen MR) is 113 cm³/mol. The quantitative estimate of drug-likeness (QED) is 0.493. The number of hydrogen-bond acceptors (Lipinski definition) is 4. The molecular weight excluding hydrogens is 391 g/mol. The van der Waals surface area contributed by atoms with Gasteiger partial charge in [0.05, 0.1) is 12.6 Å². The summed E-state index contributed by atoms with van der Waals surface area (Å²) in [5.41, 5.74) is 3.96. The summed E-state index contributed by atoms with van der Waals surface area (Å²) in [6, 6.07) is 13.5. The SMILES string of the molecule is CC(F)(CC[C@H](C[C@@H](O)[CH]Cc1ccccc1)C(=O)NCc1cccs1)C(N)=O. The van der Waals surface area contributed by atoms with E-state index in [4.69, 9.17) is 5.73 Å². The largest absolute Gasteiger partial charge is 0.393 e. The molecule has 1 radical (unpaired) electrons. The minimum Gasteiger partial charge on any atom is -0.393 e. The molecule has 3 atom stereocenters. The summed E-state index contributed by atoms with van der Waals surface area (Å²) in [5.74, 6) is -1.95. The van der Waals surface area contributed by atoms with E-state index in [2.05, 4.69) is 5.32 Å². The molecule has 0 aliphatic carbocycles. The van der Waals surface area contributed by atoms with Crippen LogP contribution in [0.4, 0.5) is 4.39 Å². The number of aliphatic hydroxyl groups is 1. The maximum Gasteiger partial charge on any atom is 0.254 e. The molecule has 0 saturated carbocycles. The van der Waals surface area contributed by atoms with Crippen LogP contribution in [-0.4, -0.2) is 28.7 Å². The standard InChI is InChI=1S/C22H28FN2O3S/c1-22(23,21(24)28)12-11-17(20(27)25-15-19-8-5-13-29-19)14-18(26)10-9-16-6-3-2-4-7-16/h2-8,10,13,17-18,26H,9,11-12,14-15H2,1H3,(H2,24,28)(H,25,27)/t17-,18+,22?/m1/s1. The van der Waals surface area contributed by atoms with Gasteiger partial charge in [0.2, 0.25) is 5.91 Å². The van der Waals surface area contributed by atoms with Gasteiger partial charge in [0.15, 0.2) is 5.67 Å². The van der Waals surface area contributed by atoms with Gasteiger partial charge in [0.25, 0.3) is 5.91 Å².